The molecule has 0 N–H and O–H groups in total. The second-order valence-corrected chi connectivity index (χ2v) is 4.69. The second kappa shape index (κ2) is 4.84. The van der Waals surface area contributed by atoms with Gasteiger partial charge in [0.05, 0.1) is 0 Å². The highest BCUT2D eigenvalue weighted by Gasteiger charge is 2.32. The van der Waals surface area contributed by atoms with E-state index in [-0.39, 0.29) is 11.9 Å². The molecule has 1 fully saturated rings. The maximum atomic E-state index is 11.5. The molecular weight excluding hydrogens is 242 g/mol. The van der Waals surface area contributed by atoms with Crippen LogP contribution >= 0.6 is 0 Å². The number of nitrogens with zero attached hydrogens (tertiary/aromatic N) is 3. The van der Waals surface area contributed by atoms with Crippen molar-refractivity contribution in [2.45, 2.75) is 25.8 Å². The first-order valence-electron chi connectivity index (χ1n) is 6.42. The van der Waals surface area contributed by atoms with Crippen molar-refractivity contribution in [3.63, 3.8) is 0 Å². The van der Waals surface area contributed by atoms with Crippen LogP contribution in [0.4, 0.5) is 0 Å². The lowest BCUT2D eigenvalue weighted by Crippen LogP contribution is -2.28. The predicted octanol–water partition coefficient (Wildman–Crippen LogP) is 2.42. The van der Waals surface area contributed by atoms with Crippen LogP contribution in [-0.2, 0) is 4.79 Å². The van der Waals surface area contributed by atoms with Crippen molar-refractivity contribution < 1.29 is 9.32 Å². The number of carbonyl (C=O) groups excluding carboxylic acids is 1. The van der Waals surface area contributed by atoms with Gasteiger partial charge in [-0.2, -0.15) is 4.98 Å². The number of carbonyl (C=O) groups is 1. The average molecular weight is 257 g/mol. The SMILES string of the molecule is CC(=O)N1CCCC1c1nc(-c2ccccc2)no1. The molecule has 2 heterocycles. The number of likely N-dealkylation sites (tertiary alicyclic amines) is 1. The molecule has 1 saturated heterocycles. The van der Waals surface area contributed by atoms with Gasteiger partial charge in [-0.15, -0.1) is 0 Å². The van der Waals surface area contributed by atoms with Crippen molar-refractivity contribution >= 4 is 5.91 Å². The van der Waals surface area contributed by atoms with Crippen LogP contribution < -0.4 is 0 Å². The third kappa shape index (κ3) is 2.23. The Morgan fingerprint density at radius 2 is 2.16 bits per heavy atom. The third-order valence-electron chi connectivity index (χ3n) is 3.42. The van der Waals surface area contributed by atoms with Gasteiger partial charge in [-0.05, 0) is 12.8 Å². The standard InChI is InChI=1S/C14H15N3O2/c1-10(18)17-9-5-8-12(17)14-15-13(16-19-14)11-6-3-2-4-7-11/h2-4,6-7,12H,5,8-9H2,1H3. The molecular formula is C14H15N3O2. The van der Waals surface area contributed by atoms with Gasteiger partial charge in [0.2, 0.25) is 17.6 Å². The van der Waals surface area contributed by atoms with E-state index in [0.717, 1.165) is 24.9 Å². The summed E-state index contributed by atoms with van der Waals surface area (Å²) in [5.74, 6) is 1.17. The van der Waals surface area contributed by atoms with Crippen molar-refractivity contribution in [3.05, 3.63) is 36.2 Å². The van der Waals surface area contributed by atoms with Crippen LogP contribution in [0.2, 0.25) is 0 Å². The van der Waals surface area contributed by atoms with Gasteiger partial charge in [-0.1, -0.05) is 35.5 Å². The van der Waals surface area contributed by atoms with Gasteiger partial charge in [0.15, 0.2) is 0 Å². The summed E-state index contributed by atoms with van der Waals surface area (Å²) in [6.45, 7) is 2.34. The van der Waals surface area contributed by atoms with Crippen molar-refractivity contribution in [1.82, 2.24) is 15.0 Å². The molecule has 1 atom stereocenters. The summed E-state index contributed by atoms with van der Waals surface area (Å²) in [5, 5.41) is 4.00. The molecule has 5 heteroatoms. The fraction of sp³-hybridized carbons (Fsp3) is 0.357. The van der Waals surface area contributed by atoms with E-state index in [4.69, 9.17) is 4.52 Å². The molecule has 19 heavy (non-hydrogen) atoms. The van der Waals surface area contributed by atoms with E-state index in [1.54, 1.807) is 11.8 Å². The summed E-state index contributed by atoms with van der Waals surface area (Å²) in [4.78, 5) is 17.8. The first-order chi connectivity index (χ1) is 9.25. The molecule has 98 valence electrons. The minimum Gasteiger partial charge on any atom is -0.337 e. The summed E-state index contributed by atoms with van der Waals surface area (Å²) < 4.78 is 5.33. The Balaban J connectivity index is 1.87. The van der Waals surface area contributed by atoms with Gasteiger partial charge in [-0.25, -0.2) is 0 Å². The van der Waals surface area contributed by atoms with E-state index >= 15 is 0 Å². The minimum atomic E-state index is -0.0672. The Labute approximate surface area is 111 Å². The average Bonchev–Trinajstić information content (AvgIpc) is 3.08. The Kier molecular flexibility index (Phi) is 3.03. The molecule has 1 aliphatic heterocycles. The van der Waals surface area contributed by atoms with Crippen LogP contribution in [0.15, 0.2) is 34.9 Å². The van der Waals surface area contributed by atoms with E-state index in [1.807, 2.05) is 30.3 Å². The first-order valence-corrected chi connectivity index (χ1v) is 6.42. The summed E-state index contributed by atoms with van der Waals surface area (Å²) >= 11 is 0. The van der Waals surface area contributed by atoms with Gasteiger partial charge in [-0.3, -0.25) is 4.79 Å². The van der Waals surface area contributed by atoms with Crippen molar-refractivity contribution in [2.24, 2.45) is 0 Å². The Morgan fingerprint density at radius 3 is 2.89 bits per heavy atom. The van der Waals surface area contributed by atoms with E-state index in [2.05, 4.69) is 10.1 Å². The van der Waals surface area contributed by atoms with Gasteiger partial charge in [0, 0.05) is 19.0 Å². The van der Waals surface area contributed by atoms with Gasteiger partial charge in [0.1, 0.15) is 6.04 Å². The third-order valence-corrected chi connectivity index (χ3v) is 3.42. The highest BCUT2D eigenvalue weighted by molar-refractivity contribution is 5.74. The van der Waals surface area contributed by atoms with Gasteiger partial charge in [0.25, 0.3) is 0 Å². The Hall–Kier alpha value is -2.17. The molecule has 1 unspecified atom stereocenters. The van der Waals surface area contributed by atoms with Crippen LogP contribution in [0.3, 0.4) is 0 Å². The second-order valence-electron chi connectivity index (χ2n) is 4.69. The van der Waals surface area contributed by atoms with Crippen molar-refractivity contribution in [3.8, 4) is 11.4 Å². The molecule has 5 nitrogen and oxygen atoms in total. The Morgan fingerprint density at radius 1 is 1.37 bits per heavy atom. The maximum Gasteiger partial charge on any atom is 0.249 e. The lowest BCUT2D eigenvalue weighted by molar-refractivity contribution is -0.130. The number of rotatable bonds is 2. The number of benzene rings is 1. The zero-order valence-corrected chi connectivity index (χ0v) is 10.7. The molecule has 0 aliphatic carbocycles. The molecule has 1 aliphatic rings. The van der Waals surface area contributed by atoms with E-state index in [9.17, 15) is 4.79 Å². The Bertz CT molecular complexity index is 579. The number of hydrogen-bond acceptors (Lipinski definition) is 4. The molecule has 1 aromatic carbocycles. The van der Waals surface area contributed by atoms with Crippen LogP contribution in [0.25, 0.3) is 11.4 Å². The monoisotopic (exact) mass is 257 g/mol. The lowest BCUT2D eigenvalue weighted by atomic mass is 10.2. The van der Waals surface area contributed by atoms with Crippen LogP contribution in [-0.4, -0.2) is 27.5 Å². The molecule has 0 radical (unpaired) electrons. The van der Waals surface area contributed by atoms with Crippen LogP contribution in [0, 0.1) is 0 Å². The zero-order valence-electron chi connectivity index (χ0n) is 10.7. The quantitative estimate of drug-likeness (QED) is 0.829. The number of aromatic nitrogens is 2. The fourth-order valence-corrected chi connectivity index (χ4v) is 2.48. The van der Waals surface area contributed by atoms with E-state index in [0.29, 0.717) is 11.7 Å². The largest absolute Gasteiger partial charge is 0.337 e. The first kappa shape index (κ1) is 11.9. The van der Waals surface area contributed by atoms with E-state index in [1.165, 1.54) is 0 Å². The fourth-order valence-electron chi connectivity index (χ4n) is 2.48. The van der Waals surface area contributed by atoms with Crippen molar-refractivity contribution in [1.29, 1.82) is 0 Å². The van der Waals surface area contributed by atoms with Gasteiger partial charge >= 0.3 is 0 Å². The predicted molar refractivity (Wildman–Crippen MR) is 69.1 cm³/mol. The topological polar surface area (TPSA) is 59.2 Å². The molecule has 1 aromatic heterocycles. The molecule has 0 bridgehead atoms. The van der Waals surface area contributed by atoms with Crippen molar-refractivity contribution in [2.75, 3.05) is 6.54 Å². The highest BCUT2D eigenvalue weighted by atomic mass is 16.5. The summed E-state index contributed by atoms with van der Waals surface area (Å²) in [5.41, 5.74) is 0.921. The number of amides is 1. The van der Waals surface area contributed by atoms with Crippen LogP contribution in [0.5, 0.6) is 0 Å². The molecule has 1 amide bonds. The maximum absolute atomic E-state index is 11.5. The van der Waals surface area contributed by atoms with Gasteiger partial charge < -0.3 is 9.42 Å². The molecule has 0 saturated carbocycles. The summed E-state index contributed by atoms with van der Waals surface area (Å²) in [6, 6.07) is 9.62. The number of hydrogen-bond donors (Lipinski definition) is 0. The lowest BCUT2D eigenvalue weighted by Gasteiger charge is -2.19. The molecule has 0 spiro atoms. The zero-order chi connectivity index (χ0) is 13.2. The highest BCUT2D eigenvalue weighted by Crippen LogP contribution is 2.31. The molecule has 2 aromatic rings. The van der Waals surface area contributed by atoms with E-state index < -0.39 is 0 Å². The minimum absolute atomic E-state index is 0.0574. The van der Waals surface area contributed by atoms with Crippen LogP contribution in [0.1, 0.15) is 31.7 Å². The summed E-state index contributed by atoms with van der Waals surface area (Å²) in [7, 11) is 0. The smallest absolute Gasteiger partial charge is 0.249 e. The normalized spacial score (nSPS) is 18.8. The molecule has 3 rings (SSSR count). The summed E-state index contributed by atoms with van der Waals surface area (Å²) in [6.07, 6.45) is 1.86.